The average Bonchev–Trinajstić information content (AvgIpc) is 2.63. The Morgan fingerprint density at radius 1 is 1.56 bits per heavy atom. The second-order valence-corrected chi connectivity index (χ2v) is 4.90. The van der Waals surface area contributed by atoms with Crippen molar-refractivity contribution in [3.05, 3.63) is 16.9 Å². The van der Waals surface area contributed by atoms with Crippen molar-refractivity contribution in [2.45, 2.75) is 45.8 Å². The Morgan fingerprint density at radius 3 is 2.62 bits per heavy atom. The highest BCUT2D eigenvalue weighted by molar-refractivity contribution is 9.10. The summed E-state index contributed by atoms with van der Waals surface area (Å²) in [7, 11) is 0. The Balaban J connectivity index is 2.53. The number of carbonyl (C=O) groups is 1. The van der Waals surface area contributed by atoms with Crippen LogP contribution < -0.4 is 0 Å². The van der Waals surface area contributed by atoms with Crippen LogP contribution in [0.15, 0.2) is 16.9 Å². The van der Waals surface area contributed by atoms with Crippen LogP contribution in [0.3, 0.4) is 0 Å². The van der Waals surface area contributed by atoms with Gasteiger partial charge in [-0.2, -0.15) is 5.10 Å². The maximum Gasteiger partial charge on any atom is 0.328 e. The van der Waals surface area contributed by atoms with Gasteiger partial charge in [-0.15, -0.1) is 0 Å². The molecular formula is C11H17BrN2O2. The molecule has 0 unspecified atom stereocenters. The van der Waals surface area contributed by atoms with E-state index in [2.05, 4.69) is 21.0 Å². The van der Waals surface area contributed by atoms with Crippen LogP contribution in [0, 0.1) is 0 Å². The number of nitrogens with zero attached hydrogens (tertiary/aromatic N) is 2. The van der Waals surface area contributed by atoms with Gasteiger partial charge < -0.3 is 4.74 Å². The Bertz CT molecular complexity index is 359. The van der Waals surface area contributed by atoms with Crippen LogP contribution in [0.1, 0.15) is 33.6 Å². The van der Waals surface area contributed by atoms with E-state index in [1.54, 1.807) is 17.1 Å². The molecule has 1 heterocycles. The predicted molar refractivity (Wildman–Crippen MR) is 65.0 cm³/mol. The van der Waals surface area contributed by atoms with Crippen molar-refractivity contribution in [1.82, 2.24) is 9.78 Å². The second kappa shape index (κ2) is 5.48. The zero-order valence-electron chi connectivity index (χ0n) is 9.86. The summed E-state index contributed by atoms with van der Waals surface area (Å²) in [6, 6.07) is 0. The molecule has 0 amide bonds. The summed E-state index contributed by atoms with van der Waals surface area (Å²) in [5.74, 6) is -0.248. The molecule has 1 aromatic heterocycles. The van der Waals surface area contributed by atoms with E-state index < -0.39 is 0 Å². The van der Waals surface area contributed by atoms with Gasteiger partial charge >= 0.3 is 5.97 Å². The lowest BCUT2D eigenvalue weighted by atomic mass is 10.0. The van der Waals surface area contributed by atoms with Crippen LogP contribution in [-0.2, 0) is 16.1 Å². The molecule has 16 heavy (non-hydrogen) atoms. The van der Waals surface area contributed by atoms with Gasteiger partial charge in [0.25, 0.3) is 0 Å². The molecule has 0 aliphatic heterocycles. The van der Waals surface area contributed by atoms with Crippen molar-refractivity contribution in [2.24, 2.45) is 0 Å². The molecule has 90 valence electrons. The van der Waals surface area contributed by atoms with E-state index in [9.17, 15) is 4.79 Å². The zero-order valence-corrected chi connectivity index (χ0v) is 11.5. The van der Waals surface area contributed by atoms with Gasteiger partial charge in [-0.05, 0) is 35.7 Å². The first-order valence-electron chi connectivity index (χ1n) is 5.39. The minimum Gasteiger partial charge on any atom is -0.458 e. The van der Waals surface area contributed by atoms with E-state index in [-0.39, 0.29) is 18.1 Å². The Morgan fingerprint density at radius 2 is 2.19 bits per heavy atom. The number of carbonyl (C=O) groups excluding carboxylic acids is 1. The van der Waals surface area contributed by atoms with Crippen molar-refractivity contribution in [3.8, 4) is 0 Å². The second-order valence-electron chi connectivity index (χ2n) is 3.99. The molecule has 0 fully saturated rings. The number of halogens is 1. The fourth-order valence-electron chi connectivity index (χ4n) is 1.26. The molecule has 0 aromatic carbocycles. The van der Waals surface area contributed by atoms with Gasteiger partial charge in [0.15, 0.2) is 0 Å². The topological polar surface area (TPSA) is 44.1 Å². The van der Waals surface area contributed by atoms with Crippen molar-refractivity contribution in [2.75, 3.05) is 0 Å². The Hall–Kier alpha value is -0.840. The molecule has 0 bridgehead atoms. The monoisotopic (exact) mass is 288 g/mol. The Kier molecular flexibility index (Phi) is 4.53. The number of rotatable bonds is 5. The summed E-state index contributed by atoms with van der Waals surface area (Å²) >= 11 is 3.28. The van der Waals surface area contributed by atoms with E-state index in [1.807, 2.05) is 20.8 Å². The normalized spacial score (nSPS) is 11.5. The molecule has 0 aliphatic carbocycles. The number of ether oxygens (including phenoxy) is 1. The van der Waals surface area contributed by atoms with Crippen LogP contribution >= 0.6 is 15.9 Å². The number of hydrogen-bond donors (Lipinski definition) is 0. The smallest absolute Gasteiger partial charge is 0.328 e. The third kappa shape index (κ3) is 3.63. The lowest BCUT2D eigenvalue weighted by molar-refractivity contribution is -0.159. The SMILES string of the molecule is CCC(C)(CC)OC(=O)Cn1cc(Br)cn1. The van der Waals surface area contributed by atoms with E-state index in [1.165, 1.54) is 0 Å². The highest BCUT2D eigenvalue weighted by Crippen LogP contribution is 2.19. The van der Waals surface area contributed by atoms with E-state index >= 15 is 0 Å². The molecule has 0 saturated heterocycles. The Labute approximate surface area is 104 Å². The number of aromatic nitrogens is 2. The molecule has 1 aromatic rings. The molecule has 5 heteroatoms. The molecule has 0 spiro atoms. The molecule has 0 saturated carbocycles. The van der Waals surface area contributed by atoms with E-state index in [4.69, 9.17) is 4.74 Å². The van der Waals surface area contributed by atoms with Crippen LogP contribution in [0.2, 0.25) is 0 Å². The van der Waals surface area contributed by atoms with Gasteiger partial charge in [0.1, 0.15) is 12.1 Å². The van der Waals surface area contributed by atoms with Gasteiger partial charge in [-0.25, -0.2) is 0 Å². The van der Waals surface area contributed by atoms with Crippen molar-refractivity contribution in [1.29, 1.82) is 0 Å². The summed E-state index contributed by atoms with van der Waals surface area (Å²) in [6.45, 7) is 6.13. The van der Waals surface area contributed by atoms with E-state index in [0.717, 1.165) is 17.3 Å². The molecule has 0 atom stereocenters. The third-order valence-electron chi connectivity index (χ3n) is 2.75. The fraction of sp³-hybridized carbons (Fsp3) is 0.636. The first-order valence-corrected chi connectivity index (χ1v) is 6.18. The van der Waals surface area contributed by atoms with Gasteiger partial charge in [0, 0.05) is 6.20 Å². The largest absolute Gasteiger partial charge is 0.458 e. The van der Waals surface area contributed by atoms with Crippen LogP contribution in [-0.4, -0.2) is 21.4 Å². The summed E-state index contributed by atoms with van der Waals surface area (Å²) in [4.78, 5) is 11.7. The maximum atomic E-state index is 11.7. The standard InChI is InChI=1S/C11H17BrN2O2/c1-4-11(3,5-2)16-10(15)8-14-7-9(12)6-13-14/h6-7H,4-5,8H2,1-3H3. The van der Waals surface area contributed by atoms with Crippen molar-refractivity contribution >= 4 is 21.9 Å². The lowest BCUT2D eigenvalue weighted by Gasteiger charge is -2.26. The molecule has 0 N–H and O–H groups in total. The highest BCUT2D eigenvalue weighted by Gasteiger charge is 2.24. The number of hydrogen-bond acceptors (Lipinski definition) is 3. The van der Waals surface area contributed by atoms with Gasteiger partial charge in [0.2, 0.25) is 0 Å². The van der Waals surface area contributed by atoms with Gasteiger partial charge in [-0.3, -0.25) is 9.48 Å². The first-order chi connectivity index (χ1) is 7.49. The van der Waals surface area contributed by atoms with Crippen LogP contribution in [0.25, 0.3) is 0 Å². The minimum absolute atomic E-state index is 0.154. The first kappa shape index (κ1) is 13.2. The van der Waals surface area contributed by atoms with Crippen LogP contribution in [0.5, 0.6) is 0 Å². The highest BCUT2D eigenvalue weighted by atomic mass is 79.9. The average molecular weight is 289 g/mol. The summed E-state index contributed by atoms with van der Waals surface area (Å²) in [6.07, 6.45) is 5.03. The van der Waals surface area contributed by atoms with Gasteiger partial charge in [-0.1, -0.05) is 13.8 Å². The number of esters is 1. The van der Waals surface area contributed by atoms with E-state index in [0.29, 0.717) is 0 Å². The van der Waals surface area contributed by atoms with Crippen molar-refractivity contribution < 1.29 is 9.53 Å². The van der Waals surface area contributed by atoms with Crippen molar-refractivity contribution in [3.63, 3.8) is 0 Å². The van der Waals surface area contributed by atoms with Gasteiger partial charge in [0.05, 0.1) is 10.7 Å². The molecular weight excluding hydrogens is 272 g/mol. The molecule has 1 rings (SSSR count). The molecule has 4 nitrogen and oxygen atoms in total. The molecule has 0 radical (unpaired) electrons. The summed E-state index contributed by atoms with van der Waals surface area (Å²) in [5, 5.41) is 4.01. The van der Waals surface area contributed by atoms with Crippen LogP contribution in [0.4, 0.5) is 0 Å². The maximum absolute atomic E-state index is 11.7. The quantitative estimate of drug-likeness (QED) is 0.783. The molecule has 0 aliphatic rings. The fourth-order valence-corrected chi connectivity index (χ4v) is 1.59. The lowest BCUT2D eigenvalue weighted by Crippen LogP contribution is -2.31. The summed E-state index contributed by atoms with van der Waals surface area (Å²) in [5.41, 5.74) is -0.360. The summed E-state index contributed by atoms with van der Waals surface area (Å²) < 4.78 is 7.84. The zero-order chi connectivity index (χ0) is 12.2. The predicted octanol–water partition coefficient (Wildman–Crippen LogP) is 2.77. The minimum atomic E-state index is -0.360. The third-order valence-corrected chi connectivity index (χ3v) is 3.16.